The van der Waals surface area contributed by atoms with Crippen LogP contribution in [0.4, 0.5) is 19.0 Å². The molecule has 3 aromatic rings. The predicted molar refractivity (Wildman–Crippen MR) is 115 cm³/mol. The minimum absolute atomic E-state index is 0.0269. The van der Waals surface area contributed by atoms with Gasteiger partial charge in [0.1, 0.15) is 11.5 Å². The Morgan fingerprint density at radius 3 is 2.45 bits per heavy atom. The van der Waals surface area contributed by atoms with Gasteiger partial charge in [0.15, 0.2) is 0 Å². The quantitative estimate of drug-likeness (QED) is 0.621. The van der Waals surface area contributed by atoms with Crippen molar-refractivity contribution in [3.05, 3.63) is 54.4 Å². The average molecular weight is 478 g/mol. The zero-order valence-corrected chi connectivity index (χ0v) is 18.3. The summed E-state index contributed by atoms with van der Waals surface area (Å²) in [7, 11) is -3.73. The fraction of sp³-hybridized carbons (Fsp3) is 0.364. The molecule has 1 aromatic carbocycles. The predicted octanol–water partition coefficient (Wildman–Crippen LogP) is 3.79. The highest BCUT2D eigenvalue weighted by molar-refractivity contribution is 7.89. The molecule has 0 unspecified atom stereocenters. The molecule has 0 saturated carbocycles. The summed E-state index contributed by atoms with van der Waals surface area (Å²) < 4.78 is 66.8. The van der Waals surface area contributed by atoms with Gasteiger partial charge in [-0.25, -0.2) is 13.4 Å². The Morgan fingerprint density at radius 1 is 1.00 bits per heavy atom. The first-order valence-corrected chi connectivity index (χ1v) is 12.0. The van der Waals surface area contributed by atoms with Crippen LogP contribution < -0.4 is 4.90 Å². The van der Waals surface area contributed by atoms with Crippen molar-refractivity contribution in [2.24, 2.45) is 5.41 Å². The van der Waals surface area contributed by atoms with E-state index in [9.17, 15) is 26.4 Å². The summed E-state index contributed by atoms with van der Waals surface area (Å²) in [5, 5.41) is 0.909. The van der Waals surface area contributed by atoms with Crippen LogP contribution >= 0.6 is 0 Å². The fourth-order valence-corrected chi connectivity index (χ4v) is 6.19. The van der Waals surface area contributed by atoms with E-state index in [4.69, 9.17) is 0 Å². The zero-order chi connectivity index (χ0) is 23.4. The molecule has 1 N–H and O–H groups in total. The molecule has 2 fully saturated rings. The third kappa shape index (κ3) is 3.68. The van der Waals surface area contributed by atoms with Crippen molar-refractivity contribution in [2.75, 3.05) is 24.5 Å². The lowest BCUT2D eigenvalue weighted by Crippen LogP contribution is -2.46. The maximum Gasteiger partial charge on any atom is 0.433 e. The van der Waals surface area contributed by atoms with E-state index in [1.807, 2.05) is 6.07 Å². The van der Waals surface area contributed by atoms with Crippen LogP contribution in [0.25, 0.3) is 10.9 Å². The van der Waals surface area contributed by atoms with Gasteiger partial charge < -0.3 is 4.98 Å². The van der Waals surface area contributed by atoms with E-state index < -0.39 is 27.3 Å². The van der Waals surface area contributed by atoms with Crippen LogP contribution in [-0.4, -0.2) is 48.2 Å². The van der Waals surface area contributed by atoms with E-state index >= 15 is 0 Å². The van der Waals surface area contributed by atoms with Gasteiger partial charge in [-0.3, -0.25) is 9.69 Å². The number of aromatic nitrogens is 2. The fourth-order valence-electron chi connectivity index (χ4n) is 4.73. The first kappa shape index (κ1) is 21.9. The maximum absolute atomic E-state index is 13.2. The molecule has 1 amide bonds. The Bertz CT molecular complexity index is 1330. The summed E-state index contributed by atoms with van der Waals surface area (Å²) in [5.74, 6) is -0.319. The van der Waals surface area contributed by atoms with Crippen LogP contribution in [-0.2, 0) is 21.0 Å². The second kappa shape index (κ2) is 7.56. The maximum atomic E-state index is 13.2. The largest absolute Gasteiger partial charge is 0.433 e. The molecule has 2 saturated heterocycles. The average Bonchev–Trinajstić information content (AvgIpc) is 3.38. The molecular formula is C22H21F3N4O3S. The molecule has 1 spiro atoms. The van der Waals surface area contributed by atoms with Crippen molar-refractivity contribution in [1.29, 1.82) is 0 Å². The van der Waals surface area contributed by atoms with Crippen LogP contribution in [0.1, 0.15) is 25.0 Å². The smallest absolute Gasteiger partial charge is 0.361 e. The number of hydrogen-bond acceptors (Lipinski definition) is 4. The Labute approximate surface area is 188 Å². The number of sulfonamides is 1. The second-order valence-corrected chi connectivity index (χ2v) is 10.4. The number of amides is 1. The van der Waals surface area contributed by atoms with Crippen LogP contribution in [0, 0.1) is 5.41 Å². The number of aromatic amines is 1. The van der Waals surface area contributed by atoms with Gasteiger partial charge in [-0.05, 0) is 55.0 Å². The number of H-pyrrole nitrogens is 1. The number of carbonyl (C=O) groups is 1. The van der Waals surface area contributed by atoms with Crippen molar-refractivity contribution >= 4 is 32.7 Å². The van der Waals surface area contributed by atoms with Gasteiger partial charge in [0.05, 0.1) is 10.3 Å². The second-order valence-electron chi connectivity index (χ2n) is 8.50. The first-order valence-electron chi connectivity index (χ1n) is 10.5. The highest BCUT2D eigenvalue weighted by atomic mass is 32.2. The van der Waals surface area contributed by atoms with Gasteiger partial charge >= 0.3 is 6.18 Å². The molecule has 2 aliphatic heterocycles. The lowest BCUT2D eigenvalue weighted by Gasteiger charge is -2.37. The number of rotatable bonds is 3. The summed E-state index contributed by atoms with van der Waals surface area (Å²) in [6, 6.07) is 10.3. The number of carbonyl (C=O) groups excluding carboxylic acids is 1. The van der Waals surface area contributed by atoms with E-state index in [2.05, 4.69) is 9.97 Å². The molecule has 174 valence electrons. The van der Waals surface area contributed by atoms with Crippen molar-refractivity contribution in [2.45, 2.75) is 30.3 Å². The summed E-state index contributed by atoms with van der Waals surface area (Å²) in [4.78, 5) is 21.3. The van der Waals surface area contributed by atoms with Gasteiger partial charge in [0.25, 0.3) is 0 Å². The topological polar surface area (TPSA) is 86.4 Å². The number of nitrogens with one attached hydrogen (secondary N) is 1. The number of fused-ring (bicyclic) bond motifs is 1. The zero-order valence-electron chi connectivity index (χ0n) is 17.5. The first-order chi connectivity index (χ1) is 15.6. The highest BCUT2D eigenvalue weighted by Gasteiger charge is 2.50. The van der Waals surface area contributed by atoms with E-state index in [1.54, 1.807) is 24.4 Å². The van der Waals surface area contributed by atoms with E-state index in [0.717, 1.165) is 17.0 Å². The van der Waals surface area contributed by atoms with Crippen LogP contribution in [0.5, 0.6) is 0 Å². The minimum atomic E-state index is -4.60. The third-order valence-corrected chi connectivity index (χ3v) is 8.55. The molecule has 5 rings (SSSR count). The minimum Gasteiger partial charge on any atom is -0.361 e. The highest BCUT2D eigenvalue weighted by Crippen LogP contribution is 2.44. The van der Waals surface area contributed by atoms with Crippen molar-refractivity contribution in [3.8, 4) is 0 Å². The van der Waals surface area contributed by atoms with E-state index in [-0.39, 0.29) is 36.3 Å². The number of anilines is 1. The Kier molecular flexibility index (Phi) is 5.02. The van der Waals surface area contributed by atoms with Crippen molar-refractivity contribution in [1.82, 2.24) is 14.3 Å². The van der Waals surface area contributed by atoms with Gasteiger partial charge in [0, 0.05) is 31.3 Å². The summed E-state index contributed by atoms with van der Waals surface area (Å²) in [6.45, 7) is 0.588. The molecule has 2 aliphatic rings. The molecular weight excluding hydrogens is 457 g/mol. The van der Waals surface area contributed by atoms with Crippen molar-refractivity contribution < 1.29 is 26.4 Å². The Balaban J connectivity index is 1.33. The molecule has 2 aromatic heterocycles. The number of nitrogens with zero attached hydrogens (tertiary/aromatic N) is 3. The van der Waals surface area contributed by atoms with Crippen molar-refractivity contribution in [3.63, 3.8) is 0 Å². The standard InChI is InChI=1S/C22H21F3N4O3S/c23-22(24,25)18-2-1-3-19(27-18)29-13-9-21(20(29)30)7-11-28(12-8-21)33(31,32)16-5-4-15-6-10-26-17(15)14-16/h1-6,10,14,26H,7-9,11-13H2. The normalized spacial score (nSPS) is 19.6. The number of alkyl halides is 3. The third-order valence-electron chi connectivity index (χ3n) is 6.66. The van der Waals surface area contributed by atoms with E-state index in [1.165, 1.54) is 21.3 Å². The molecule has 4 heterocycles. The number of pyridine rings is 1. The van der Waals surface area contributed by atoms with Gasteiger partial charge in [-0.2, -0.15) is 17.5 Å². The number of piperidine rings is 1. The molecule has 0 radical (unpaired) electrons. The number of benzene rings is 1. The number of halogens is 3. The number of hydrogen-bond donors (Lipinski definition) is 1. The van der Waals surface area contributed by atoms with Crippen LogP contribution in [0.15, 0.2) is 53.6 Å². The van der Waals surface area contributed by atoms with Gasteiger partial charge in [0.2, 0.25) is 15.9 Å². The summed E-state index contributed by atoms with van der Waals surface area (Å²) in [5.41, 5.74) is -1.11. The monoisotopic (exact) mass is 478 g/mol. The Hall–Kier alpha value is -2.92. The summed E-state index contributed by atoms with van der Waals surface area (Å²) >= 11 is 0. The lowest BCUT2D eigenvalue weighted by molar-refractivity contribution is -0.141. The van der Waals surface area contributed by atoms with Crippen LogP contribution in [0.3, 0.4) is 0 Å². The molecule has 11 heteroatoms. The molecule has 0 bridgehead atoms. The molecule has 33 heavy (non-hydrogen) atoms. The SMILES string of the molecule is O=C1N(c2cccc(C(F)(F)F)n2)CCC12CCN(S(=O)(=O)c1ccc3cc[nH]c3c1)CC2. The summed E-state index contributed by atoms with van der Waals surface area (Å²) in [6.07, 6.45) is -1.79. The van der Waals surface area contributed by atoms with Crippen LogP contribution in [0.2, 0.25) is 0 Å². The Morgan fingerprint density at radius 2 is 1.73 bits per heavy atom. The lowest BCUT2D eigenvalue weighted by atomic mass is 9.77. The molecule has 0 aliphatic carbocycles. The molecule has 0 atom stereocenters. The molecule has 7 nitrogen and oxygen atoms in total. The van der Waals surface area contributed by atoms with Gasteiger partial charge in [-0.1, -0.05) is 12.1 Å². The van der Waals surface area contributed by atoms with E-state index in [0.29, 0.717) is 19.3 Å². The van der Waals surface area contributed by atoms with Gasteiger partial charge in [-0.15, -0.1) is 0 Å².